The number of methoxy groups -OCH3 is 1. The standard InChI is InChI=1S/C18H33N3O5/c1-18(2,3)26-17(24)21-10-7-14(8-11-21)16(23)20(4)13-15(22)19-9-6-12-25-5/h14H,6-13H2,1-5H3,(H,19,22). The third kappa shape index (κ3) is 8.03. The van der Waals surface area contributed by atoms with Crippen LogP contribution in [0.2, 0.25) is 0 Å². The molecule has 8 nitrogen and oxygen atoms in total. The molecule has 0 aliphatic carbocycles. The summed E-state index contributed by atoms with van der Waals surface area (Å²) in [6, 6.07) is 0. The van der Waals surface area contributed by atoms with E-state index in [-0.39, 0.29) is 30.4 Å². The molecule has 0 atom stereocenters. The summed E-state index contributed by atoms with van der Waals surface area (Å²) in [6.45, 7) is 7.63. The van der Waals surface area contributed by atoms with Crippen LogP contribution in [-0.2, 0) is 19.1 Å². The zero-order valence-corrected chi connectivity index (χ0v) is 16.7. The first-order valence-electron chi connectivity index (χ1n) is 9.12. The molecule has 1 aliphatic heterocycles. The molecule has 26 heavy (non-hydrogen) atoms. The van der Waals surface area contributed by atoms with Crippen molar-refractivity contribution >= 4 is 17.9 Å². The van der Waals surface area contributed by atoms with E-state index in [9.17, 15) is 14.4 Å². The van der Waals surface area contributed by atoms with Crippen LogP contribution < -0.4 is 5.32 Å². The molecule has 0 aromatic carbocycles. The van der Waals surface area contributed by atoms with Gasteiger partial charge in [0.25, 0.3) is 0 Å². The predicted octanol–water partition coefficient (Wildman–Crippen LogP) is 1.24. The van der Waals surface area contributed by atoms with Crippen LogP contribution in [0.3, 0.4) is 0 Å². The van der Waals surface area contributed by atoms with E-state index < -0.39 is 5.60 Å². The Balaban J connectivity index is 2.36. The van der Waals surface area contributed by atoms with Crippen molar-refractivity contribution in [2.24, 2.45) is 5.92 Å². The number of rotatable bonds is 7. The van der Waals surface area contributed by atoms with E-state index in [1.54, 1.807) is 19.1 Å². The van der Waals surface area contributed by atoms with Crippen molar-refractivity contribution in [1.82, 2.24) is 15.1 Å². The van der Waals surface area contributed by atoms with Gasteiger partial charge in [-0.3, -0.25) is 9.59 Å². The summed E-state index contributed by atoms with van der Waals surface area (Å²) in [5.74, 6) is -0.399. The van der Waals surface area contributed by atoms with E-state index >= 15 is 0 Å². The first kappa shape index (κ1) is 22.2. The molecule has 0 bridgehead atoms. The van der Waals surface area contributed by atoms with Crippen molar-refractivity contribution in [3.05, 3.63) is 0 Å². The van der Waals surface area contributed by atoms with Gasteiger partial charge in [-0.15, -0.1) is 0 Å². The average Bonchev–Trinajstić information content (AvgIpc) is 2.56. The normalized spacial score (nSPS) is 15.5. The van der Waals surface area contributed by atoms with Crippen LogP contribution in [0.1, 0.15) is 40.0 Å². The number of ether oxygens (including phenoxy) is 2. The van der Waals surface area contributed by atoms with Crippen molar-refractivity contribution in [2.75, 3.05) is 46.9 Å². The van der Waals surface area contributed by atoms with Gasteiger partial charge in [0.2, 0.25) is 11.8 Å². The van der Waals surface area contributed by atoms with Crippen LogP contribution in [0.25, 0.3) is 0 Å². The summed E-state index contributed by atoms with van der Waals surface area (Å²) < 4.78 is 10.3. The van der Waals surface area contributed by atoms with E-state index in [0.29, 0.717) is 39.1 Å². The predicted molar refractivity (Wildman–Crippen MR) is 97.7 cm³/mol. The molecule has 3 amide bonds. The summed E-state index contributed by atoms with van der Waals surface area (Å²) in [5.41, 5.74) is -0.527. The minimum atomic E-state index is -0.527. The molecule has 0 aromatic rings. The van der Waals surface area contributed by atoms with Crippen LogP contribution in [0, 0.1) is 5.92 Å². The highest BCUT2D eigenvalue weighted by Crippen LogP contribution is 2.21. The number of likely N-dealkylation sites (tertiary alicyclic amines) is 1. The Morgan fingerprint density at radius 2 is 1.81 bits per heavy atom. The number of amides is 3. The Labute approximate surface area is 156 Å². The van der Waals surface area contributed by atoms with E-state index in [1.807, 2.05) is 20.8 Å². The summed E-state index contributed by atoms with van der Waals surface area (Å²) in [5, 5.41) is 2.77. The first-order valence-corrected chi connectivity index (χ1v) is 9.12. The Bertz CT molecular complexity index is 482. The number of hydrogen-bond donors (Lipinski definition) is 1. The minimum Gasteiger partial charge on any atom is -0.444 e. The Morgan fingerprint density at radius 3 is 2.35 bits per heavy atom. The van der Waals surface area contributed by atoms with Crippen molar-refractivity contribution in [3.8, 4) is 0 Å². The molecule has 1 N–H and O–H groups in total. The van der Waals surface area contributed by atoms with Gasteiger partial charge >= 0.3 is 6.09 Å². The summed E-state index contributed by atoms with van der Waals surface area (Å²) in [7, 11) is 3.25. The molecular formula is C18H33N3O5. The highest BCUT2D eigenvalue weighted by molar-refractivity contribution is 5.85. The molecule has 150 valence electrons. The van der Waals surface area contributed by atoms with Crippen molar-refractivity contribution in [2.45, 2.75) is 45.6 Å². The third-order valence-corrected chi connectivity index (χ3v) is 4.10. The maximum Gasteiger partial charge on any atom is 0.410 e. The highest BCUT2D eigenvalue weighted by Gasteiger charge is 2.31. The van der Waals surface area contributed by atoms with Gasteiger partial charge in [0.15, 0.2) is 0 Å². The molecule has 0 saturated carbocycles. The number of nitrogens with one attached hydrogen (secondary N) is 1. The highest BCUT2D eigenvalue weighted by atomic mass is 16.6. The number of likely N-dealkylation sites (N-methyl/N-ethyl adjacent to an activating group) is 1. The zero-order chi connectivity index (χ0) is 19.7. The van der Waals surface area contributed by atoms with Crippen LogP contribution in [0.4, 0.5) is 4.79 Å². The molecule has 0 unspecified atom stereocenters. The van der Waals surface area contributed by atoms with E-state index in [4.69, 9.17) is 9.47 Å². The van der Waals surface area contributed by atoms with Crippen LogP contribution in [0.5, 0.6) is 0 Å². The van der Waals surface area contributed by atoms with E-state index in [0.717, 1.165) is 6.42 Å². The summed E-state index contributed by atoms with van der Waals surface area (Å²) in [4.78, 5) is 39.5. The molecule has 1 heterocycles. The maximum atomic E-state index is 12.5. The molecular weight excluding hydrogens is 338 g/mol. The molecule has 0 spiro atoms. The number of carbonyl (C=O) groups excluding carboxylic acids is 3. The topological polar surface area (TPSA) is 88.2 Å². The van der Waals surface area contributed by atoms with Gasteiger partial charge < -0.3 is 24.6 Å². The SMILES string of the molecule is COCCCNC(=O)CN(C)C(=O)C1CCN(C(=O)OC(C)(C)C)CC1. The minimum absolute atomic E-state index is 0.0398. The molecule has 1 fully saturated rings. The second-order valence-corrected chi connectivity index (χ2v) is 7.63. The van der Waals surface area contributed by atoms with Gasteiger partial charge in [0, 0.05) is 46.3 Å². The van der Waals surface area contributed by atoms with Crippen LogP contribution in [0.15, 0.2) is 0 Å². The van der Waals surface area contributed by atoms with Crippen molar-refractivity contribution in [1.29, 1.82) is 0 Å². The Hall–Kier alpha value is -1.83. The number of piperidine rings is 1. The van der Waals surface area contributed by atoms with Crippen molar-refractivity contribution < 1.29 is 23.9 Å². The monoisotopic (exact) mass is 371 g/mol. The second kappa shape index (κ2) is 10.4. The van der Waals surface area contributed by atoms with Gasteiger partial charge in [-0.05, 0) is 40.0 Å². The van der Waals surface area contributed by atoms with Gasteiger partial charge in [-0.2, -0.15) is 0 Å². The molecule has 0 radical (unpaired) electrons. The molecule has 8 heteroatoms. The smallest absolute Gasteiger partial charge is 0.410 e. The Kier molecular flexibility index (Phi) is 8.84. The summed E-state index contributed by atoms with van der Waals surface area (Å²) >= 11 is 0. The lowest BCUT2D eigenvalue weighted by Gasteiger charge is -2.34. The number of carbonyl (C=O) groups is 3. The summed E-state index contributed by atoms with van der Waals surface area (Å²) in [6.07, 6.45) is 1.56. The lowest BCUT2D eigenvalue weighted by atomic mass is 9.95. The Morgan fingerprint density at radius 1 is 1.19 bits per heavy atom. The van der Waals surface area contributed by atoms with E-state index in [1.165, 1.54) is 4.90 Å². The van der Waals surface area contributed by atoms with Gasteiger partial charge in [0.1, 0.15) is 5.60 Å². The van der Waals surface area contributed by atoms with Crippen molar-refractivity contribution in [3.63, 3.8) is 0 Å². The first-order chi connectivity index (χ1) is 12.1. The van der Waals surface area contributed by atoms with Gasteiger partial charge in [-0.25, -0.2) is 4.79 Å². The number of nitrogens with zero attached hydrogens (tertiary/aromatic N) is 2. The van der Waals surface area contributed by atoms with E-state index in [2.05, 4.69) is 5.32 Å². The molecule has 1 aliphatic rings. The van der Waals surface area contributed by atoms with Gasteiger partial charge in [-0.1, -0.05) is 0 Å². The fraction of sp³-hybridized carbons (Fsp3) is 0.833. The molecule has 1 saturated heterocycles. The zero-order valence-electron chi connectivity index (χ0n) is 16.7. The van der Waals surface area contributed by atoms with Gasteiger partial charge in [0.05, 0.1) is 6.54 Å². The third-order valence-electron chi connectivity index (χ3n) is 4.10. The fourth-order valence-corrected chi connectivity index (χ4v) is 2.74. The second-order valence-electron chi connectivity index (χ2n) is 7.63. The lowest BCUT2D eigenvalue weighted by molar-refractivity contribution is -0.139. The molecule has 1 rings (SSSR count). The largest absolute Gasteiger partial charge is 0.444 e. The fourth-order valence-electron chi connectivity index (χ4n) is 2.74. The average molecular weight is 371 g/mol. The molecule has 0 aromatic heterocycles. The lowest BCUT2D eigenvalue weighted by Crippen LogP contribution is -2.46. The quantitative estimate of drug-likeness (QED) is 0.681. The van der Waals surface area contributed by atoms with Crippen LogP contribution >= 0.6 is 0 Å². The van der Waals surface area contributed by atoms with Crippen LogP contribution in [-0.4, -0.2) is 80.3 Å². The number of hydrogen-bond acceptors (Lipinski definition) is 5. The maximum absolute atomic E-state index is 12.5.